The fraction of sp³-hybridized carbons (Fsp3) is 0.250. The van der Waals surface area contributed by atoms with E-state index in [1.807, 2.05) is 17.5 Å². The number of aliphatic carboxylic acids is 1. The summed E-state index contributed by atoms with van der Waals surface area (Å²) in [6, 6.07) is 5.30. The van der Waals surface area contributed by atoms with Gasteiger partial charge in [0.2, 0.25) is 0 Å². The number of amides is 1. The summed E-state index contributed by atoms with van der Waals surface area (Å²) in [7, 11) is 0. The highest BCUT2D eigenvalue weighted by Gasteiger charge is 2.13. The molecule has 0 aromatic carbocycles. The van der Waals surface area contributed by atoms with Gasteiger partial charge in [0.05, 0.1) is 11.5 Å². The molecule has 106 valence electrons. The highest BCUT2D eigenvalue weighted by molar-refractivity contribution is 7.13. The Labute approximate surface area is 118 Å². The van der Waals surface area contributed by atoms with Gasteiger partial charge in [-0.25, -0.2) is 4.79 Å². The zero-order chi connectivity index (χ0) is 14.4. The molecule has 2 aromatic heterocycles. The topological polar surface area (TPSA) is 102 Å². The molecule has 0 bridgehead atoms. The number of carboxylic acids is 1. The molecule has 0 saturated carbocycles. The number of hydrogen-bond donors (Lipinski definition) is 2. The molecule has 0 unspecified atom stereocenters. The summed E-state index contributed by atoms with van der Waals surface area (Å²) < 4.78 is 9.87. The van der Waals surface area contributed by atoms with Crippen molar-refractivity contribution in [1.29, 1.82) is 0 Å². The number of rotatable bonds is 7. The first-order valence-electron chi connectivity index (χ1n) is 5.75. The third-order valence-electron chi connectivity index (χ3n) is 2.26. The normalized spacial score (nSPS) is 10.4. The molecule has 2 aromatic rings. The van der Waals surface area contributed by atoms with Crippen molar-refractivity contribution >= 4 is 23.2 Å². The molecule has 0 fully saturated rings. The molecule has 0 atom stereocenters. The van der Waals surface area contributed by atoms with Gasteiger partial charge in [0, 0.05) is 12.6 Å². The first-order chi connectivity index (χ1) is 9.66. The van der Waals surface area contributed by atoms with Crippen LogP contribution in [0.2, 0.25) is 0 Å². The van der Waals surface area contributed by atoms with Gasteiger partial charge in [-0.05, 0) is 11.4 Å². The standard InChI is InChI=1S/C12H12N2O5S/c15-11(16)7-18-4-3-13-12(17)8-6-9(19-14-8)10-2-1-5-20-10/h1-2,5-6H,3-4,7H2,(H,13,17)(H,15,16). The van der Waals surface area contributed by atoms with E-state index in [4.69, 9.17) is 14.4 Å². The Bertz CT molecular complexity index is 578. The van der Waals surface area contributed by atoms with Gasteiger partial charge in [-0.3, -0.25) is 4.79 Å². The van der Waals surface area contributed by atoms with Crippen LogP contribution in [0, 0.1) is 0 Å². The molecule has 7 nitrogen and oxygen atoms in total. The maximum Gasteiger partial charge on any atom is 0.329 e. The molecule has 0 saturated heterocycles. The van der Waals surface area contributed by atoms with Gasteiger partial charge in [0.25, 0.3) is 5.91 Å². The lowest BCUT2D eigenvalue weighted by Gasteiger charge is -2.02. The quantitative estimate of drug-likeness (QED) is 0.745. The van der Waals surface area contributed by atoms with Crippen molar-refractivity contribution < 1.29 is 24.0 Å². The number of hydrogen-bond acceptors (Lipinski definition) is 6. The van der Waals surface area contributed by atoms with Crippen molar-refractivity contribution in [3.8, 4) is 10.6 Å². The van der Waals surface area contributed by atoms with Gasteiger partial charge in [0.15, 0.2) is 11.5 Å². The van der Waals surface area contributed by atoms with Crippen LogP contribution in [0.15, 0.2) is 28.1 Å². The van der Waals surface area contributed by atoms with Crippen LogP contribution in [0.5, 0.6) is 0 Å². The SMILES string of the molecule is O=C(O)COCCNC(=O)c1cc(-c2cccs2)on1. The number of nitrogens with one attached hydrogen (secondary N) is 1. The highest BCUT2D eigenvalue weighted by atomic mass is 32.1. The first-order valence-corrected chi connectivity index (χ1v) is 6.63. The minimum atomic E-state index is -1.05. The van der Waals surface area contributed by atoms with E-state index in [1.54, 1.807) is 6.07 Å². The molecule has 20 heavy (non-hydrogen) atoms. The summed E-state index contributed by atoms with van der Waals surface area (Å²) in [6.45, 7) is -0.0661. The van der Waals surface area contributed by atoms with Crippen LogP contribution in [0.3, 0.4) is 0 Å². The Morgan fingerprint density at radius 3 is 3.05 bits per heavy atom. The molecule has 0 aliphatic heterocycles. The van der Waals surface area contributed by atoms with Crippen molar-refractivity contribution in [1.82, 2.24) is 10.5 Å². The lowest BCUT2D eigenvalue weighted by Crippen LogP contribution is -2.28. The maximum absolute atomic E-state index is 11.7. The zero-order valence-electron chi connectivity index (χ0n) is 10.4. The molecule has 0 radical (unpaired) electrons. The maximum atomic E-state index is 11.7. The summed E-state index contributed by atoms with van der Waals surface area (Å²) in [5.41, 5.74) is 0.173. The second kappa shape index (κ2) is 6.83. The van der Waals surface area contributed by atoms with Gasteiger partial charge in [0.1, 0.15) is 6.61 Å². The second-order valence-corrected chi connectivity index (χ2v) is 4.70. The van der Waals surface area contributed by atoms with E-state index in [0.717, 1.165) is 4.88 Å². The van der Waals surface area contributed by atoms with Crippen LogP contribution >= 0.6 is 11.3 Å². The van der Waals surface area contributed by atoms with Gasteiger partial charge in [-0.1, -0.05) is 11.2 Å². The van der Waals surface area contributed by atoms with Crippen molar-refractivity contribution in [3.63, 3.8) is 0 Å². The minimum Gasteiger partial charge on any atom is -0.480 e. The van der Waals surface area contributed by atoms with E-state index < -0.39 is 11.9 Å². The average Bonchev–Trinajstić information content (AvgIpc) is 3.08. The van der Waals surface area contributed by atoms with Gasteiger partial charge in [-0.2, -0.15) is 0 Å². The Morgan fingerprint density at radius 2 is 2.35 bits per heavy atom. The number of thiophene rings is 1. The van der Waals surface area contributed by atoms with Gasteiger partial charge >= 0.3 is 5.97 Å². The molecule has 0 aliphatic rings. The first kappa shape index (κ1) is 14.2. The molecule has 2 N–H and O–H groups in total. The lowest BCUT2D eigenvalue weighted by atomic mass is 10.3. The molecule has 0 spiro atoms. The summed E-state index contributed by atoms with van der Waals surface area (Å²) in [6.07, 6.45) is 0. The second-order valence-electron chi connectivity index (χ2n) is 3.76. The Morgan fingerprint density at radius 1 is 1.50 bits per heavy atom. The van der Waals surface area contributed by atoms with Crippen molar-refractivity contribution in [3.05, 3.63) is 29.3 Å². The molecular formula is C12H12N2O5S. The Balaban J connectivity index is 1.80. The van der Waals surface area contributed by atoms with Crippen molar-refractivity contribution in [2.45, 2.75) is 0 Å². The van der Waals surface area contributed by atoms with Crippen molar-refractivity contribution in [2.24, 2.45) is 0 Å². The molecule has 1 amide bonds. The van der Waals surface area contributed by atoms with Crippen LogP contribution in [0.25, 0.3) is 10.6 Å². The van der Waals surface area contributed by atoms with Gasteiger partial charge < -0.3 is 19.7 Å². The van der Waals surface area contributed by atoms with Crippen LogP contribution in [0.4, 0.5) is 0 Å². The average molecular weight is 296 g/mol. The molecule has 2 heterocycles. The van der Waals surface area contributed by atoms with Crippen molar-refractivity contribution in [2.75, 3.05) is 19.8 Å². The molecule has 0 aliphatic carbocycles. The van der Waals surface area contributed by atoms with Crippen LogP contribution in [0.1, 0.15) is 10.5 Å². The summed E-state index contributed by atoms with van der Waals surface area (Å²) in [5.74, 6) is -0.906. The van der Waals surface area contributed by atoms with E-state index in [9.17, 15) is 9.59 Å². The zero-order valence-corrected chi connectivity index (χ0v) is 11.2. The fourth-order valence-corrected chi connectivity index (χ4v) is 2.08. The van der Waals surface area contributed by atoms with E-state index in [-0.39, 0.29) is 25.5 Å². The smallest absolute Gasteiger partial charge is 0.329 e. The number of ether oxygens (including phenoxy) is 1. The Kier molecular flexibility index (Phi) is 4.85. The van der Waals surface area contributed by atoms with E-state index in [2.05, 4.69) is 10.5 Å². The summed E-state index contributed by atoms with van der Waals surface area (Å²) in [5, 5.41) is 16.5. The number of carboxylic acid groups (broad SMARTS) is 1. The number of aromatic nitrogens is 1. The van der Waals surface area contributed by atoms with E-state index in [1.165, 1.54) is 11.3 Å². The minimum absolute atomic E-state index is 0.119. The third-order valence-corrected chi connectivity index (χ3v) is 3.15. The predicted octanol–water partition coefficient (Wildman–Crippen LogP) is 1.23. The van der Waals surface area contributed by atoms with E-state index in [0.29, 0.717) is 5.76 Å². The number of carbonyl (C=O) groups is 2. The summed E-state index contributed by atoms with van der Waals surface area (Å²) >= 11 is 1.49. The predicted molar refractivity (Wildman–Crippen MR) is 70.6 cm³/mol. The number of nitrogens with zero attached hydrogens (tertiary/aromatic N) is 1. The summed E-state index contributed by atoms with van der Waals surface area (Å²) in [4.78, 5) is 22.8. The Hall–Kier alpha value is -2.19. The number of carbonyl (C=O) groups excluding carboxylic acids is 1. The highest BCUT2D eigenvalue weighted by Crippen LogP contribution is 2.24. The van der Waals surface area contributed by atoms with E-state index >= 15 is 0 Å². The van der Waals surface area contributed by atoms with Crippen LogP contribution < -0.4 is 5.32 Å². The largest absolute Gasteiger partial charge is 0.480 e. The molecule has 8 heteroatoms. The third kappa shape index (κ3) is 3.90. The van der Waals surface area contributed by atoms with Crippen LogP contribution in [-0.2, 0) is 9.53 Å². The molecule has 2 rings (SSSR count). The lowest BCUT2D eigenvalue weighted by molar-refractivity contribution is -0.142. The van der Waals surface area contributed by atoms with Crippen LogP contribution in [-0.4, -0.2) is 41.9 Å². The molecular weight excluding hydrogens is 284 g/mol. The van der Waals surface area contributed by atoms with Gasteiger partial charge in [-0.15, -0.1) is 11.3 Å². The monoisotopic (exact) mass is 296 g/mol. The fourth-order valence-electron chi connectivity index (χ4n) is 1.40.